The number of rotatable bonds is 15. The van der Waals surface area contributed by atoms with E-state index in [1.54, 1.807) is 0 Å². The quantitative estimate of drug-likeness (QED) is 0.115. The summed E-state index contributed by atoms with van der Waals surface area (Å²) < 4.78 is 40.8. The fraction of sp³-hybridized carbons (Fsp3) is 0.333. The molecule has 2 fully saturated rings. The largest absolute Gasteiger partial charge is 0.494 e. The first-order valence-electron chi connectivity index (χ1n) is 18.3. The van der Waals surface area contributed by atoms with Gasteiger partial charge in [-0.15, -0.1) is 0 Å². The lowest BCUT2D eigenvalue weighted by atomic mass is 9.76. The Kier molecular flexibility index (Phi) is 11.3. The minimum Gasteiger partial charge on any atom is -0.494 e. The molecule has 2 bridgehead atoms. The molecule has 0 radical (unpaired) electrons. The molecule has 276 valence electrons. The first-order chi connectivity index (χ1) is 25.8. The molecule has 2 aliphatic rings. The Bertz CT molecular complexity index is 1920. The van der Waals surface area contributed by atoms with Crippen LogP contribution in [0.2, 0.25) is 5.02 Å². The summed E-state index contributed by atoms with van der Waals surface area (Å²) in [6.45, 7) is 6.87. The molecule has 0 spiro atoms. The van der Waals surface area contributed by atoms with Crippen LogP contribution in [0.1, 0.15) is 54.2 Å². The molecule has 2 aliphatic heterocycles. The second-order valence-electron chi connectivity index (χ2n) is 14.2. The van der Waals surface area contributed by atoms with Gasteiger partial charge in [-0.1, -0.05) is 121 Å². The van der Waals surface area contributed by atoms with Crippen LogP contribution in [0.3, 0.4) is 0 Å². The second kappa shape index (κ2) is 16.1. The van der Waals surface area contributed by atoms with E-state index in [2.05, 4.69) is 0 Å². The van der Waals surface area contributed by atoms with E-state index in [1.165, 1.54) is 0 Å². The number of halogens is 1. The van der Waals surface area contributed by atoms with Gasteiger partial charge in [0.1, 0.15) is 29.7 Å². The highest BCUT2D eigenvalue weighted by Gasteiger charge is 2.76. The molecule has 5 aromatic carbocycles. The van der Waals surface area contributed by atoms with Crippen LogP contribution in [0.4, 0.5) is 0 Å². The summed E-state index contributed by atoms with van der Waals surface area (Å²) in [4.78, 5) is 0. The fourth-order valence-corrected chi connectivity index (χ4v) is 7.73. The van der Waals surface area contributed by atoms with Gasteiger partial charge in [0.05, 0.1) is 33.0 Å². The lowest BCUT2D eigenvalue weighted by Crippen LogP contribution is -2.70. The van der Waals surface area contributed by atoms with Gasteiger partial charge < -0.3 is 33.5 Å². The van der Waals surface area contributed by atoms with E-state index in [1.807, 2.05) is 154 Å². The van der Waals surface area contributed by atoms with Gasteiger partial charge in [-0.25, -0.2) is 0 Å². The summed E-state index contributed by atoms with van der Waals surface area (Å²) >= 11 is 6.90. The normalized spacial score (nSPS) is 24.6. The number of fused-ring (bicyclic) bond motifs is 2. The van der Waals surface area contributed by atoms with E-state index in [4.69, 9.17) is 40.0 Å². The highest BCUT2D eigenvalue weighted by molar-refractivity contribution is 6.31. The Hall–Kier alpha value is -4.05. The van der Waals surface area contributed by atoms with Crippen molar-refractivity contribution in [2.24, 2.45) is 0 Å². The average molecular weight is 735 g/mol. The summed E-state index contributed by atoms with van der Waals surface area (Å²) in [5.41, 5.74) is 3.22. The van der Waals surface area contributed by atoms with Crippen molar-refractivity contribution >= 4 is 11.6 Å². The molecule has 53 heavy (non-hydrogen) atoms. The maximum atomic E-state index is 11.5. The highest BCUT2D eigenvalue weighted by atomic mass is 35.5. The Balaban J connectivity index is 1.33. The summed E-state index contributed by atoms with van der Waals surface area (Å²) in [5, 5.41) is 12.1. The van der Waals surface area contributed by atoms with Crippen LogP contribution < -0.4 is 4.74 Å². The van der Waals surface area contributed by atoms with E-state index < -0.39 is 35.3 Å². The van der Waals surface area contributed by atoms with Gasteiger partial charge in [0.2, 0.25) is 5.79 Å². The summed E-state index contributed by atoms with van der Waals surface area (Å²) in [7, 11) is 0. The fourth-order valence-electron chi connectivity index (χ4n) is 7.54. The molecule has 7 nitrogen and oxygen atoms in total. The Morgan fingerprint density at radius 3 is 1.74 bits per heavy atom. The smallest absolute Gasteiger partial charge is 0.226 e. The highest BCUT2D eigenvalue weighted by Crippen LogP contribution is 2.59. The number of aliphatic hydroxyl groups excluding tert-OH is 1. The minimum atomic E-state index is -1.51. The van der Waals surface area contributed by atoms with Crippen molar-refractivity contribution in [1.82, 2.24) is 0 Å². The second-order valence-corrected chi connectivity index (χ2v) is 14.6. The maximum Gasteiger partial charge on any atom is 0.226 e. The number of ether oxygens (including phenoxy) is 6. The van der Waals surface area contributed by atoms with Gasteiger partial charge in [0, 0.05) is 10.6 Å². The van der Waals surface area contributed by atoms with Crippen LogP contribution in [0, 0.1) is 0 Å². The van der Waals surface area contributed by atoms with Crippen LogP contribution in [0.5, 0.6) is 5.75 Å². The lowest BCUT2D eigenvalue weighted by molar-refractivity contribution is -0.353. The standard InChI is InChI=1S/C45H47ClO7/c1-4-48-38-23-20-32(21-24-38)26-36-27-37(22-25-39(36)46)45-42(51-30-35-18-12-7-13-19-35)40(49-28-33-14-8-5-9-15-33)41(50-29-34-16-10-6-11-17-34)44(31-47,53-45)43(2,3)52-45/h5-25,27,40-42,47H,4,26,28-31H2,1-3H3/t40-,41-,42+,44-,45+/m0/s1. The van der Waals surface area contributed by atoms with Crippen molar-refractivity contribution in [3.05, 3.63) is 172 Å². The molecule has 2 saturated heterocycles. The van der Waals surface area contributed by atoms with E-state index >= 15 is 0 Å². The number of hydrogen-bond acceptors (Lipinski definition) is 7. The third-order valence-electron chi connectivity index (χ3n) is 10.3. The predicted octanol–water partition coefficient (Wildman–Crippen LogP) is 8.81. The van der Waals surface area contributed by atoms with Gasteiger partial charge >= 0.3 is 0 Å². The SMILES string of the molecule is CCOc1ccc(Cc2cc([C@@]34OC(C)(C)[C@@](CO)(O3)[C@@H](OCc3ccccc3)[C@H](OCc3ccccc3)[C@H]4OCc3ccccc3)ccc2Cl)cc1. The zero-order valence-corrected chi connectivity index (χ0v) is 31.2. The summed E-state index contributed by atoms with van der Waals surface area (Å²) in [5.74, 6) is -0.691. The van der Waals surface area contributed by atoms with E-state index in [0.29, 0.717) is 23.6 Å². The van der Waals surface area contributed by atoms with Crippen molar-refractivity contribution < 1.29 is 33.5 Å². The molecule has 0 unspecified atom stereocenters. The third-order valence-corrected chi connectivity index (χ3v) is 10.7. The molecular formula is C45H47ClO7. The first-order valence-corrected chi connectivity index (χ1v) is 18.6. The van der Waals surface area contributed by atoms with Crippen molar-refractivity contribution in [3.63, 3.8) is 0 Å². The summed E-state index contributed by atoms with van der Waals surface area (Å²) in [6, 6.07) is 43.8. The first kappa shape index (κ1) is 37.3. The molecule has 5 atom stereocenters. The van der Waals surface area contributed by atoms with Crippen LogP contribution in [0.25, 0.3) is 0 Å². The topological polar surface area (TPSA) is 75.6 Å². The average Bonchev–Trinajstić information content (AvgIpc) is 3.40. The van der Waals surface area contributed by atoms with E-state index in [9.17, 15) is 5.11 Å². The molecule has 7 rings (SSSR count). The molecule has 0 aromatic heterocycles. The minimum absolute atomic E-state index is 0.260. The zero-order chi connectivity index (χ0) is 36.9. The molecule has 8 heteroatoms. The Morgan fingerprint density at radius 1 is 0.642 bits per heavy atom. The predicted molar refractivity (Wildman–Crippen MR) is 205 cm³/mol. The summed E-state index contributed by atoms with van der Waals surface area (Å²) in [6.07, 6.45) is -1.81. The van der Waals surface area contributed by atoms with Crippen LogP contribution >= 0.6 is 11.6 Å². The van der Waals surface area contributed by atoms with Crippen molar-refractivity contribution in [2.45, 2.75) is 82.3 Å². The van der Waals surface area contributed by atoms with Crippen molar-refractivity contribution in [1.29, 1.82) is 0 Å². The van der Waals surface area contributed by atoms with Crippen LogP contribution in [-0.4, -0.2) is 47.8 Å². The van der Waals surface area contributed by atoms with Gasteiger partial charge in [0.15, 0.2) is 5.60 Å². The Morgan fingerprint density at radius 2 is 1.19 bits per heavy atom. The Labute approximate surface area is 317 Å². The molecule has 1 N–H and O–H groups in total. The zero-order valence-electron chi connectivity index (χ0n) is 30.5. The molecule has 0 amide bonds. The van der Waals surface area contributed by atoms with Gasteiger partial charge in [-0.3, -0.25) is 0 Å². The molecule has 0 saturated carbocycles. The number of hydrogen-bond donors (Lipinski definition) is 1. The van der Waals surface area contributed by atoms with Gasteiger partial charge in [-0.05, 0) is 79.3 Å². The molecular weight excluding hydrogens is 688 g/mol. The monoisotopic (exact) mass is 734 g/mol. The van der Waals surface area contributed by atoms with Crippen LogP contribution in [0.15, 0.2) is 133 Å². The molecule has 0 aliphatic carbocycles. The van der Waals surface area contributed by atoms with Crippen molar-refractivity contribution in [3.8, 4) is 5.75 Å². The molecule has 2 heterocycles. The number of aliphatic hydroxyl groups is 1. The third kappa shape index (κ3) is 7.66. The number of benzene rings is 5. The lowest BCUT2D eigenvalue weighted by Gasteiger charge is -2.51. The van der Waals surface area contributed by atoms with Crippen LogP contribution in [-0.2, 0) is 55.7 Å². The maximum absolute atomic E-state index is 11.5. The van der Waals surface area contributed by atoms with Gasteiger partial charge in [-0.2, -0.15) is 0 Å². The van der Waals surface area contributed by atoms with Gasteiger partial charge in [0.25, 0.3) is 0 Å². The van der Waals surface area contributed by atoms with E-state index in [0.717, 1.165) is 33.6 Å². The van der Waals surface area contributed by atoms with Crippen molar-refractivity contribution in [2.75, 3.05) is 13.2 Å². The molecule has 5 aromatic rings. The van der Waals surface area contributed by atoms with E-state index in [-0.39, 0.29) is 26.4 Å².